The van der Waals surface area contributed by atoms with Gasteiger partial charge in [-0.15, -0.1) is 0 Å². The van der Waals surface area contributed by atoms with Crippen molar-refractivity contribution < 1.29 is 14.2 Å². The molecule has 1 spiro atoms. The average Bonchev–Trinajstić information content (AvgIpc) is 2.28. The molecule has 2 heterocycles. The van der Waals surface area contributed by atoms with Gasteiger partial charge in [-0.05, 0) is 0 Å². The fraction of sp³-hybridized carbons (Fsp3) is 0.500. The van der Waals surface area contributed by atoms with E-state index in [1.165, 1.54) is 0 Å². The maximum absolute atomic E-state index is 5.72. The van der Waals surface area contributed by atoms with Gasteiger partial charge < -0.3 is 14.2 Å². The molecular weight excluding hydrogens is 192 g/mol. The van der Waals surface area contributed by atoms with Crippen LogP contribution in [0, 0.1) is 5.41 Å². The Morgan fingerprint density at radius 2 is 1.60 bits per heavy atom. The van der Waals surface area contributed by atoms with E-state index in [0.717, 1.165) is 32.0 Å². The van der Waals surface area contributed by atoms with Gasteiger partial charge in [0.05, 0.1) is 31.8 Å². The minimum Gasteiger partial charge on any atom is -0.380 e. The molecule has 0 unspecified atom stereocenters. The normalized spacial score (nSPS) is 25.1. The lowest BCUT2D eigenvalue weighted by atomic mass is 9.87. The van der Waals surface area contributed by atoms with E-state index in [9.17, 15) is 0 Å². The van der Waals surface area contributed by atoms with Gasteiger partial charge in [0.1, 0.15) is 0 Å². The third-order valence-corrected chi connectivity index (χ3v) is 2.97. The van der Waals surface area contributed by atoms with Crippen LogP contribution in [0.2, 0.25) is 0 Å². The van der Waals surface area contributed by atoms with Crippen molar-refractivity contribution in [2.45, 2.75) is 6.29 Å². The van der Waals surface area contributed by atoms with Crippen LogP contribution in [-0.4, -0.2) is 26.4 Å². The molecule has 2 fully saturated rings. The summed E-state index contributed by atoms with van der Waals surface area (Å²) in [7, 11) is 0. The smallest absolute Gasteiger partial charge is 0.183 e. The zero-order valence-electron chi connectivity index (χ0n) is 8.52. The highest BCUT2D eigenvalue weighted by molar-refractivity contribution is 5.16. The van der Waals surface area contributed by atoms with E-state index in [4.69, 9.17) is 14.2 Å². The number of benzene rings is 1. The Hall–Kier alpha value is -0.900. The van der Waals surface area contributed by atoms with E-state index < -0.39 is 0 Å². The molecular formula is C12H14O3. The third kappa shape index (κ3) is 1.67. The second kappa shape index (κ2) is 3.59. The molecule has 2 saturated heterocycles. The van der Waals surface area contributed by atoms with Crippen LogP contribution in [0.5, 0.6) is 0 Å². The van der Waals surface area contributed by atoms with Gasteiger partial charge in [-0.1, -0.05) is 30.3 Å². The molecule has 0 amide bonds. The summed E-state index contributed by atoms with van der Waals surface area (Å²) in [5, 5.41) is 0. The molecule has 0 aliphatic carbocycles. The van der Waals surface area contributed by atoms with E-state index in [1.54, 1.807) is 0 Å². The Morgan fingerprint density at radius 1 is 0.933 bits per heavy atom. The number of rotatable bonds is 1. The molecule has 3 nitrogen and oxygen atoms in total. The maximum atomic E-state index is 5.72. The van der Waals surface area contributed by atoms with Crippen LogP contribution < -0.4 is 0 Å². The van der Waals surface area contributed by atoms with Crippen LogP contribution in [0.15, 0.2) is 30.3 Å². The molecule has 3 rings (SSSR count). The molecule has 0 atom stereocenters. The fourth-order valence-electron chi connectivity index (χ4n) is 1.95. The Kier molecular flexibility index (Phi) is 2.24. The molecule has 0 N–H and O–H groups in total. The highest BCUT2D eigenvalue weighted by atomic mass is 16.7. The van der Waals surface area contributed by atoms with Crippen LogP contribution >= 0.6 is 0 Å². The number of hydrogen-bond acceptors (Lipinski definition) is 3. The minimum atomic E-state index is -0.197. The molecule has 3 heteroatoms. The van der Waals surface area contributed by atoms with E-state index in [-0.39, 0.29) is 11.7 Å². The lowest BCUT2D eigenvalue weighted by Crippen LogP contribution is -2.52. The summed E-state index contributed by atoms with van der Waals surface area (Å²) in [6.45, 7) is 3.03. The van der Waals surface area contributed by atoms with Crippen LogP contribution in [-0.2, 0) is 14.2 Å². The first-order chi connectivity index (χ1) is 7.38. The Morgan fingerprint density at radius 3 is 2.13 bits per heavy atom. The summed E-state index contributed by atoms with van der Waals surface area (Å²) in [6.07, 6.45) is -0.197. The molecule has 2 aliphatic rings. The summed E-state index contributed by atoms with van der Waals surface area (Å²) in [5.41, 5.74) is 1.23. The number of hydrogen-bond donors (Lipinski definition) is 0. The van der Waals surface area contributed by atoms with Gasteiger partial charge in [0, 0.05) is 5.56 Å². The largest absolute Gasteiger partial charge is 0.380 e. The topological polar surface area (TPSA) is 27.7 Å². The van der Waals surface area contributed by atoms with Gasteiger partial charge in [-0.3, -0.25) is 0 Å². The zero-order chi connectivity index (χ0) is 10.1. The van der Waals surface area contributed by atoms with Gasteiger partial charge in [0.2, 0.25) is 0 Å². The molecule has 0 saturated carbocycles. The summed E-state index contributed by atoms with van der Waals surface area (Å²) in [6, 6.07) is 10.0. The van der Waals surface area contributed by atoms with Gasteiger partial charge in [-0.25, -0.2) is 0 Å². The highest BCUT2D eigenvalue weighted by Gasteiger charge is 2.43. The molecule has 0 radical (unpaired) electrons. The van der Waals surface area contributed by atoms with Crippen molar-refractivity contribution in [1.29, 1.82) is 0 Å². The van der Waals surface area contributed by atoms with Gasteiger partial charge in [-0.2, -0.15) is 0 Å². The lowest BCUT2D eigenvalue weighted by Gasteiger charge is -2.45. The van der Waals surface area contributed by atoms with E-state index in [2.05, 4.69) is 0 Å². The van der Waals surface area contributed by atoms with Crippen LogP contribution in [0.25, 0.3) is 0 Å². The summed E-state index contributed by atoms with van der Waals surface area (Å²) >= 11 is 0. The van der Waals surface area contributed by atoms with E-state index >= 15 is 0 Å². The molecule has 2 aliphatic heterocycles. The highest BCUT2D eigenvalue weighted by Crippen LogP contribution is 2.36. The van der Waals surface area contributed by atoms with Gasteiger partial charge in [0.25, 0.3) is 0 Å². The van der Waals surface area contributed by atoms with E-state index in [0.29, 0.717) is 0 Å². The predicted octanol–water partition coefficient (Wildman–Crippen LogP) is 1.75. The monoisotopic (exact) mass is 206 g/mol. The first-order valence-electron chi connectivity index (χ1n) is 5.24. The fourth-order valence-corrected chi connectivity index (χ4v) is 1.95. The van der Waals surface area contributed by atoms with Crippen molar-refractivity contribution in [3.05, 3.63) is 35.9 Å². The molecule has 0 bridgehead atoms. The quantitative estimate of drug-likeness (QED) is 0.700. The van der Waals surface area contributed by atoms with Crippen LogP contribution in [0.1, 0.15) is 11.9 Å². The lowest BCUT2D eigenvalue weighted by molar-refractivity contribution is -0.288. The van der Waals surface area contributed by atoms with Gasteiger partial charge >= 0.3 is 0 Å². The molecule has 1 aromatic rings. The average molecular weight is 206 g/mol. The zero-order valence-corrected chi connectivity index (χ0v) is 8.52. The first kappa shape index (κ1) is 9.33. The van der Waals surface area contributed by atoms with E-state index in [1.807, 2.05) is 30.3 Å². The summed E-state index contributed by atoms with van der Waals surface area (Å²) in [5.74, 6) is 0. The third-order valence-electron chi connectivity index (χ3n) is 2.97. The van der Waals surface area contributed by atoms with Crippen molar-refractivity contribution in [2.75, 3.05) is 26.4 Å². The van der Waals surface area contributed by atoms with Crippen LogP contribution in [0.4, 0.5) is 0 Å². The molecule has 1 aromatic carbocycles. The van der Waals surface area contributed by atoms with Crippen molar-refractivity contribution in [3.63, 3.8) is 0 Å². The second-order valence-electron chi connectivity index (χ2n) is 4.36. The summed E-state index contributed by atoms with van der Waals surface area (Å²) < 4.78 is 16.6. The standard InChI is InChI=1S/C12H14O3/c1-2-4-10(5-3-1)11-14-8-12(9-15-11)6-13-7-12/h1-5,11H,6-9H2. The molecule has 15 heavy (non-hydrogen) atoms. The summed E-state index contributed by atoms with van der Waals surface area (Å²) in [4.78, 5) is 0. The SMILES string of the molecule is c1ccc(C2OCC3(COC3)CO2)cc1. The maximum Gasteiger partial charge on any atom is 0.183 e. The molecule has 80 valence electrons. The minimum absolute atomic E-state index is 0.144. The second-order valence-corrected chi connectivity index (χ2v) is 4.36. The van der Waals surface area contributed by atoms with Crippen molar-refractivity contribution >= 4 is 0 Å². The van der Waals surface area contributed by atoms with Crippen molar-refractivity contribution in [2.24, 2.45) is 5.41 Å². The van der Waals surface area contributed by atoms with Crippen molar-refractivity contribution in [3.8, 4) is 0 Å². The first-order valence-corrected chi connectivity index (χ1v) is 5.24. The number of ether oxygens (including phenoxy) is 3. The Bertz CT molecular complexity index is 322. The molecule has 0 aromatic heterocycles. The van der Waals surface area contributed by atoms with Gasteiger partial charge in [0.15, 0.2) is 6.29 Å². The Labute approximate surface area is 89.0 Å². The predicted molar refractivity (Wildman–Crippen MR) is 54.3 cm³/mol. The Balaban J connectivity index is 1.67. The van der Waals surface area contributed by atoms with Crippen molar-refractivity contribution in [1.82, 2.24) is 0 Å². The van der Waals surface area contributed by atoms with Crippen LogP contribution in [0.3, 0.4) is 0 Å².